The molecule has 0 aromatic rings. The second kappa shape index (κ2) is 14.4. The van der Waals surface area contributed by atoms with Gasteiger partial charge in [0.15, 0.2) is 18.9 Å². The van der Waals surface area contributed by atoms with E-state index in [1.807, 2.05) is 0 Å². The Labute approximate surface area is 221 Å². The molecule has 39 heavy (non-hydrogen) atoms. The van der Waals surface area contributed by atoms with E-state index >= 15 is 0 Å². The minimum Gasteiger partial charge on any atom is -0.394 e. The molecular weight excluding hydrogens is 540 g/mol. The van der Waals surface area contributed by atoms with Gasteiger partial charge < -0.3 is 89.7 Å². The lowest BCUT2D eigenvalue weighted by molar-refractivity contribution is -0.373. The van der Waals surface area contributed by atoms with E-state index in [2.05, 4.69) is 0 Å². The first-order chi connectivity index (χ1) is 18.4. The van der Waals surface area contributed by atoms with Gasteiger partial charge in [-0.25, -0.2) is 0 Å². The second-order valence-electron chi connectivity index (χ2n) is 9.52. The van der Waals surface area contributed by atoms with Crippen molar-refractivity contribution in [1.29, 1.82) is 0 Å². The minimum absolute atomic E-state index is 0.521. The molecule has 18 heteroatoms. The summed E-state index contributed by atoms with van der Waals surface area (Å²) in [7, 11) is 0. The fraction of sp³-hybridized carbons (Fsp3) is 1.00. The van der Waals surface area contributed by atoms with Crippen LogP contribution in [0.5, 0.6) is 0 Å². The van der Waals surface area contributed by atoms with E-state index in [4.69, 9.17) is 33.5 Å². The Balaban J connectivity index is 1.70. The average Bonchev–Trinajstić information content (AvgIpc) is 2.93. The maximum absolute atomic E-state index is 10.6. The lowest BCUT2D eigenvalue weighted by Crippen LogP contribution is -2.65. The highest BCUT2D eigenvalue weighted by Gasteiger charge is 2.52. The van der Waals surface area contributed by atoms with E-state index in [0.717, 1.165) is 0 Å². The summed E-state index contributed by atoms with van der Waals surface area (Å²) in [4.78, 5) is 0. The number of ether oxygens (including phenoxy) is 6. The monoisotopic (exact) mass is 578 g/mol. The Bertz CT molecular complexity index is 731. The molecule has 3 rings (SSSR count). The highest BCUT2D eigenvalue weighted by atomic mass is 16.8. The molecule has 1 unspecified atom stereocenters. The number of rotatable bonds is 11. The molecule has 3 heterocycles. The fourth-order valence-electron chi connectivity index (χ4n) is 4.31. The van der Waals surface area contributed by atoms with Crippen molar-refractivity contribution in [3.8, 4) is 0 Å². The van der Waals surface area contributed by atoms with Crippen LogP contribution in [0, 0.1) is 0 Å². The van der Waals surface area contributed by atoms with E-state index in [1.165, 1.54) is 0 Å². The SMILES string of the molecule is OCC(O)CO[C@H]1O[C@H](CO)[C@@H](O)[C@H](O)[C@H]1O[C@H]1O[C@H](CO[C@H]2O[C@H](CO)[C@@H](O)[C@H](O)[C@H]2O)[C@H](O)[C@H](O)[C@H]1O. The third-order valence-corrected chi connectivity index (χ3v) is 6.72. The van der Waals surface area contributed by atoms with Crippen LogP contribution in [0.15, 0.2) is 0 Å². The molecule has 0 bridgehead atoms. The summed E-state index contributed by atoms with van der Waals surface area (Å²) in [6.45, 7) is -3.31. The van der Waals surface area contributed by atoms with Crippen molar-refractivity contribution >= 4 is 0 Å². The van der Waals surface area contributed by atoms with Gasteiger partial charge in [0.05, 0.1) is 33.0 Å². The lowest BCUT2D eigenvalue weighted by Gasteiger charge is -2.46. The van der Waals surface area contributed by atoms with Crippen molar-refractivity contribution in [3.05, 3.63) is 0 Å². The summed E-state index contributed by atoms with van der Waals surface area (Å²) in [6, 6.07) is 0. The van der Waals surface area contributed by atoms with Crippen molar-refractivity contribution in [2.45, 2.75) is 98.2 Å². The Morgan fingerprint density at radius 3 is 1.59 bits per heavy atom. The van der Waals surface area contributed by atoms with Gasteiger partial charge in [0.2, 0.25) is 0 Å². The molecule has 3 saturated heterocycles. The zero-order valence-corrected chi connectivity index (χ0v) is 20.6. The van der Waals surface area contributed by atoms with Crippen LogP contribution in [0.2, 0.25) is 0 Å². The molecule has 3 aliphatic heterocycles. The summed E-state index contributed by atoms with van der Waals surface area (Å²) in [5.74, 6) is 0. The van der Waals surface area contributed by atoms with Gasteiger partial charge in [-0.2, -0.15) is 0 Å². The van der Waals surface area contributed by atoms with Crippen LogP contribution in [0.3, 0.4) is 0 Å². The van der Waals surface area contributed by atoms with Gasteiger partial charge >= 0.3 is 0 Å². The molecule has 0 saturated carbocycles. The van der Waals surface area contributed by atoms with Crippen LogP contribution in [0.25, 0.3) is 0 Å². The van der Waals surface area contributed by atoms with E-state index < -0.39 is 131 Å². The molecule has 0 aromatic heterocycles. The Morgan fingerprint density at radius 1 is 0.538 bits per heavy atom. The number of aliphatic hydroxyl groups excluding tert-OH is 12. The van der Waals surface area contributed by atoms with Gasteiger partial charge in [0, 0.05) is 0 Å². The summed E-state index contributed by atoms with van der Waals surface area (Å²) in [6.07, 6.45) is -26.4. The molecule has 3 fully saturated rings. The van der Waals surface area contributed by atoms with Crippen molar-refractivity contribution < 1.29 is 89.7 Å². The zero-order valence-electron chi connectivity index (χ0n) is 20.6. The Kier molecular flexibility index (Phi) is 12.1. The van der Waals surface area contributed by atoms with Crippen LogP contribution < -0.4 is 0 Å². The summed E-state index contributed by atoms with van der Waals surface area (Å²) >= 11 is 0. The van der Waals surface area contributed by atoms with Crippen molar-refractivity contribution in [3.63, 3.8) is 0 Å². The zero-order chi connectivity index (χ0) is 29.0. The molecule has 0 radical (unpaired) electrons. The van der Waals surface area contributed by atoms with Crippen LogP contribution >= 0.6 is 0 Å². The average molecular weight is 579 g/mol. The molecular formula is C21H38O18. The topological polar surface area (TPSA) is 298 Å². The third-order valence-electron chi connectivity index (χ3n) is 6.72. The smallest absolute Gasteiger partial charge is 0.187 e. The predicted molar refractivity (Wildman–Crippen MR) is 118 cm³/mol. The molecule has 16 atom stereocenters. The summed E-state index contributed by atoms with van der Waals surface area (Å²) in [5.41, 5.74) is 0. The van der Waals surface area contributed by atoms with Crippen molar-refractivity contribution in [2.75, 3.05) is 33.0 Å². The van der Waals surface area contributed by atoms with Crippen LogP contribution in [-0.2, 0) is 28.4 Å². The Hall–Kier alpha value is -0.720. The van der Waals surface area contributed by atoms with Gasteiger partial charge in [0.1, 0.15) is 79.4 Å². The summed E-state index contributed by atoms with van der Waals surface area (Å²) in [5, 5.41) is 119. The molecule has 3 aliphatic rings. The molecule has 0 spiro atoms. The largest absolute Gasteiger partial charge is 0.394 e. The van der Waals surface area contributed by atoms with Crippen LogP contribution in [0.1, 0.15) is 0 Å². The first-order valence-corrected chi connectivity index (χ1v) is 12.2. The second-order valence-corrected chi connectivity index (χ2v) is 9.52. The summed E-state index contributed by atoms with van der Waals surface area (Å²) < 4.78 is 32.3. The van der Waals surface area contributed by atoms with E-state index in [0.29, 0.717) is 0 Å². The molecule has 12 N–H and O–H groups in total. The van der Waals surface area contributed by atoms with E-state index in [9.17, 15) is 56.2 Å². The van der Waals surface area contributed by atoms with E-state index in [-0.39, 0.29) is 0 Å². The lowest BCUT2D eigenvalue weighted by atomic mass is 9.97. The molecule has 230 valence electrons. The number of hydrogen-bond acceptors (Lipinski definition) is 18. The van der Waals surface area contributed by atoms with Gasteiger partial charge in [0.25, 0.3) is 0 Å². The van der Waals surface area contributed by atoms with Gasteiger partial charge in [-0.3, -0.25) is 0 Å². The highest BCUT2D eigenvalue weighted by molar-refractivity contribution is 4.94. The first kappa shape index (κ1) is 32.8. The first-order valence-electron chi connectivity index (χ1n) is 12.2. The van der Waals surface area contributed by atoms with Crippen molar-refractivity contribution in [2.24, 2.45) is 0 Å². The number of aliphatic hydroxyl groups is 12. The van der Waals surface area contributed by atoms with Gasteiger partial charge in [-0.1, -0.05) is 0 Å². The molecule has 0 aliphatic carbocycles. The maximum atomic E-state index is 10.6. The molecule has 0 aromatic carbocycles. The van der Waals surface area contributed by atoms with Crippen LogP contribution in [-0.4, -0.2) is 193 Å². The highest BCUT2D eigenvalue weighted by Crippen LogP contribution is 2.30. The van der Waals surface area contributed by atoms with Crippen LogP contribution in [0.4, 0.5) is 0 Å². The van der Waals surface area contributed by atoms with Gasteiger partial charge in [-0.15, -0.1) is 0 Å². The van der Waals surface area contributed by atoms with Crippen molar-refractivity contribution in [1.82, 2.24) is 0 Å². The standard InChI is InChI=1S/C21H38O18/c22-1-6(25)4-34-21-18(15(31)11(27)8(3-24)37-21)39-20-17(33)14(30)12(28)9(38-20)5-35-19-16(32)13(29)10(26)7(2-23)36-19/h6-33H,1-5H2/t6?,7-,8-,9-,10-,11-,12+,13+,14+,15+,16-,17-,18-,19+,20-,21+/m1/s1. The normalized spacial score (nSPS) is 48.2. The molecule has 0 amide bonds. The predicted octanol–water partition coefficient (Wildman–Crippen LogP) is -8.20. The Morgan fingerprint density at radius 2 is 1.03 bits per heavy atom. The number of hydrogen-bond donors (Lipinski definition) is 12. The minimum atomic E-state index is -1.92. The maximum Gasteiger partial charge on any atom is 0.187 e. The van der Waals surface area contributed by atoms with E-state index in [1.54, 1.807) is 0 Å². The molecule has 18 nitrogen and oxygen atoms in total. The van der Waals surface area contributed by atoms with Gasteiger partial charge in [-0.05, 0) is 0 Å². The fourth-order valence-corrected chi connectivity index (χ4v) is 4.31. The third kappa shape index (κ3) is 7.38. The quantitative estimate of drug-likeness (QED) is 0.108.